The Labute approximate surface area is 144 Å². The van der Waals surface area contributed by atoms with Crippen molar-refractivity contribution in [3.8, 4) is 0 Å². The van der Waals surface area contributed by atoms with Gasteiger partial charge in [0.25, 0.3) is 0 Å². The van der Waals surface area contributed by atoms with E-state index in [1.54, 1.807) is 11.3 Å². The molecule has 2 rings (SSSR count). The third-order valence-corrected chi connectivity index (χ3v) is 5.14. The van der Waals surface area contributed by atoms with Crippen molar-refractivity contribution < 1.29 is 4.74 Å². The number of likely N-dealkylation sites (N-methyl/N-ethyl adjacent to an activating group) is 1. The second-order valence-electron chi connectivity index (χ2n) is 6.30. The summed E-state index contributed by atoms with van der Waals surface area (Å²) in [6, 6.07) is 4.63. The first-order valence-corrected chi connectivity index (χ1v) is 9.26. The lowest BCUT2D eigenvalue weighted by Crippen LogP contribution is -2.42. The monoisotopic (exact) mass is 338 g/mol. The predicted molar refractivity (Wildman–Crippen MR) is 98.3 cm³/mol. The van der Waals surface area contributed by atoms with Gasteiger partial charge in [0.2, 0.25) is 0 Å². The van der Waals surface area contributed by atoms with Gasteiger partial charge in [0.15, 0.2) is 5.96 Å². The fraction of sp³-hybridized carbons (Fsp3) is 0.706. The summed E-state index contributed by atoms with van der Waals surface area (Å²) >= 11 is 1.80. The number of aliphatic imine (C=N–C) groups is 1. The van der Waals surface area contributed by atoms with Crippen molar-refractivity contribution in [3.05, 3.63) is 22.4 Å². The first-order chi connectivity index (χ1) is 11.1. The highest BCUT2D eigenvalue weighted by Gasteiger charge is 2.20. The molecule has 23 heavy (non-hydrogen) atoms. The Morgan fingerprint density at radius 3 is 2.87 bits per heavy atom. The standard InChI is InChI=1S/C17H30N4OS/c1-5-18-17(21(4)12-14-8-9-22-13-14)19-11-15(20(2)3)16-7-6-10-23-16/h6-7,10,14-15H,5,8-9,11-13H2,1-4H3,(H,18,19). The zero-order valence-corrected chi connectivity index (χ0v) is 15.6. The lowest BCUT2D eigenvalue weighted by Gasteiger charge is -2.26. The van der Waals surface area contributed by atoms with Crippen LogP contribution in [0, 0.1) is 5.92 Å². The summed E-state index contributed by atoms with van der Waals surface area (Å²) in [4.78, 5) is 10.7. The molecule has 130 valence electrons. The molecule has 0 bridgehead atoms. The van der Waals surface area contributed by atoms with Gasteiger partial charge < -0.3 is 19.9 Å². The van der Waals surface area contributed by atoms with Crippen LogP contribution in [0.15, 0.2) is 22.5 Å². The molecule has 2 unspecified atom stereocenters. The van der Waals surface area contributed by atoms with Gasteiger partial charge in [0, 0.05) is 37.5 Å². The van der Waals surface area contributed by atoms with E-state index >= 15 is 0 Å². The Kier molecular flexibility index (Phi) is 7.33. The third kappa shape index (κ3) is 5.48. The van der Waals surface area contributed by atoms with Crippen LogP contribution in [0.25, 0.3) is 0 Å². The molecule has 6 heteroatoms. The van der Waals surface area contributed by atoms with Crippen molar-refractivity contribution in [2.45, 2.75) is 19.4 Å². The second kappa shape index (κ2) is 9.25. The van der Waals surface area contributed by atoms with Crippen LogP contribution in [0.1, 0.15) is 24.3 Å². The highest BCUT2D eigenvalue weighted by atomic mass is 32.1. The van der Waals surface area contributed by atoms with Gasteiger partial charge in [-0.15, -0.1) is 11.3 Å². The van der Waals surface area contributed by atoms with Gasteiger partial charge in [-0.25, -0.2) is 0 Å². The number of hydrogen-bond acceptors (Lipinski definition) is 4. The van der Waals surface area contributed by atoms with Gasteiger partial charge in [-0.1, -0.05) is 6.07 Å². The SMILES string of the molecule is CCNC(=NCC(c1cccs1)N(C)C)N(C)CC1CCOC1. The molecule has 1 saturated heterocycles. The van der Waals surface area contributed by atoms with E-state index < -0.39 is 0 Å². The molecule has 0 amide bonds. The molecule has 0 saturated carbocycles. The Balaban J connectivity index is 2.01. The number of rotatable bonds is 7. The van der Waals surface area contributed by atoms with E-state index in [4.69, 9.17) is 9.73 Å². The highest BCUT2D eigenvalue weighted by molar-refractivity contribution is 7.10. The lowest BCUT2D eigenvalue weighted by molar-refractivity contribution is 0.181. The molecule has 2 atom stereocenters. The van der Waals surface area contributed by atoms with E-state index in [1.807, 2.05) is 0 Å². The molecule has 2 heterocycles. The smallest absolute Gasteiger partial charge is 0.193 e. The Hall–Kier alpha value is -1.11. The summed E-state index contributed by atoms with van der Waals surface area (Å²) in [6.45, 7) is 6.53. The summed E-state index contributed by atoms with van der Waals surface area (Å²) in [5.41, 5.74) is 0. The highest BCUT2D eigenvalue weighted by Crippen LogP contribution is 2.23. The molecular formula is C17H30N4OS. The van der Waals surface area contributed by atoms with E-state index in [9.17, 15) is 0 Å². The Morgan fingerprint density at radius 2 is 2.30 bits per heavy atom. The minimum absolute atomic E-state index is 0.326. The van der Waals surface area contributed by atoms with Crippen molar-refractivity contribution in [3.63, 3.8) is 0 Å². The number of guanidine groups is 1. The maximum atomic E-state index is 5.48. The van der Waals surface area contributed by atoms with Gasteiger partial charge in [0.1, 0.15) is 0 Å². The molecule has 0 aromatic carbocycles. The lowest BCUT2D eigenvalue weighted by atomic mass is 10.1. The van der Waals surface area contributed by atoms with Crippen molar-refractivity contribution in [2.24, 2.45) is 10.9 Å². The van der Waals surface area contributed by atoms with Gasteiger partial charge in [-0.05, 0) is 38.9 Å². The zero-order chi connectivity index (χ0) is 16.7. The van der Waals surface area contributed by atoms with Crippen molar-refractivity contribution in [1.29, 1.82) is 0 Å². The summed E-state index contributed by atoms with van der Waals surface area (Å²) in [6.07, 6.45) is 1.15. The molecule has 1 aromatic heterocycles. The van der Waals surface area contributed by atoms with E-state index in [0.29, 0.717) is 12.0 Å². The molecule has 1 aromatic rings. The predicted octanol–water partition coefficient (Wildman–Crippen LogP) is 2.28. The molecule has 1 N–H and O–H groups in total. The van der Waals surface area contributed by atoms with E-state index in [2.05, 4.69) is 60.7 Å². The van der Waals surface area contributed by atoms with Crippen LogP contribution in [-0.4, -0.2) is 69.8 Å². The van der Waals surface area contributed by atoms with Gasteiger partial charge in [-0.2, -0.15) is 0 Å². The van der Waals surface area contributed by atoms with Gasteiger partial charge in [-0.3, -0.25) is 4.99 Å². The van der Waals surface area contributed by atoms with Crippen LogP contribution in [0.2, 0.25) is 0 Å². The zero-order valence-electron chi connectivity index (χ0n) is 14.8. The first kappa shape index (κ1) is 18.2. The minimum Gasteiger partial charge on any atom is -0.381 e. The van der Waals surface area contributed by atoms with Gasteiger partial charge >= 0.3 is 0 Å². The number of nitrogens with zero attached hydrogens (tertiary/aromatic N) is 3. The molecule has 5 nitrogen and oxygen atoms in total. The molecule has 0 spiro atoms. The summed E-state index contributed by atoms with van der Waals surface area (Å²) in [5, 5.41) is 5.55. The Bertz CT molecular complexity index is 469. The summed E-state index contributed by atoms with van der Waals surface area (Å²) in [7, 11) is 6.36. The molecule has 0 radical (unpaired) electrons. The largest absolute Gasteiger partial charge is 0.381 e. The maximum Gasteiger partial charge on any atom is 0.193 e. The molecule has 1 aliphatic rings. The van der Waals surface area contributed by atoms with Crippen molar-refractivity contribution in [2.75, 3.05) is 54.0 Å². The van der Waals surface area contributed by atoms with Crippen molar-refractivity contribution >= 4 is 17.3 Å². The quantitative estimate of drug-likeness (QED) is 0.612. The van der Waals surface area contributed by atoms with Crippen LogP contribution >= 0.6 is 11.3 Å². The number of hydrogen-bond donors (Lipinski definition) is 1. The fourth-order valence-corrected chi connectivity index (χ4v) is 3.75. The summed E-state index contributed by atoms with van der Waals surface area (Å²) in [5.74, 6) is 1.61. The van der Waals surface area contributed by atoms with E-state index in [0.717, 1.165) is 45.2 Å². The molecule has 1 fully saturated rings. The van der Waals surface area contributed by atoms with Crippen LogP contribution in [0.4, 0.5) is 0 Å². The molecule has 0 aliphatic carbocycles. The number of thiophene rings is 1. The van der Waals surface area contributed by atoms with E-state index in [-0.39, 0.29) is 0 Å². The maximum absolute atomic E-state index is 5.48. The fourth-order valence-electron chi connectivity index (χ4n) is 2.83. The Morgan fingerprint density at radius 1 is 1.48 bits per heavy atom. The number of nitrogens with one attached hydrogen (secondary N) is 1. The topological polar surface area (TPSA) is 40.1 Å². The summed E-state index contributed by atoms with van der Waals surface area (Å²) < 4.78 is 5.48. The molecule has 1 aliphatic heterocycles. The van der Waals surface area contributed by atoms with Crippen LogP contribution < -0.4 is 5.32 Å². The van der Waals surface area contributed by atoms with E-state index in [1.165, 1.54) is 4.88 Å². The van der Waals surface area contributed by atoms with Crippen LogP contribution in [-0.2, 0) is 4.74 Å². The third-order valence-electron chi connectivity index (χ3n) is 4.16. The molecular weight excluding hydrogens is 308 g/mol. The van der Waals surface area contributed by atoms with Crippen LogP contribution in [0.5, 0.6) is 0 Å². The van der Waals surface area contributed by atoms with Gasteiger partial charge in [0.05, 0.1) is 19.2 Å². The van der Waals surface area contributed by atoms with Crippen LogP contribution in [0.3, 0.4) is 0 Å². The number of ether oxygens (including phenoxy) is 1. The first-order valence-electron chi connectivity index (χ1n) is 8.38. The average Bonchev–Trinajstić information content (AvgIpc) is 3.19. The minimum atomic E-state index is 0.326. The van der Waals surface area contributed by atoms with Crippen molar-refractivity contribution in [1.82, 2.24) is 15.1 Å². The second-order valence-corrected chi connectivity index (χ2v) is 7.28. The normalized spacial score (nSPS) is 20.0. The average molecular weight is 339 g/mol.